The lowest BCUT2D eigenvalue weighted by atomic mass is 9.91. The van der Waals surface area contributed by atoms with Gasteiger partial charge in [-0.2, -0.15) is 5.10 Å². The molecule has 3 aromatic rings. The summed E-state index contributed by atoms with van der Waals surface area (Å²) in [5.41, 5.74) is 9.41. The number of aryl methyl sites for hydroxylation is 1. The van der Waals surface area contributed by atoms with E-state index in [9.17, 15) is 4.79 Å². The van der Waals surface area contributed by atoms with Gasteiger partial charge in [0.15, 0.2) is 5.78 Å². The van der Waals surface area contributed by atoms with E-state index < -0.39 is 5.82 Å². The zero-order valence-corrected chi connectivity index (χ0v) is 18.5. The van der Waals surface area contributed by atoms with E-state index in [1.165, 1.54) is 10.7 Å². The number of hydrogen-bond acceptors (Lipinski definition) is 5. The molecule has 0 unspecified atom stereocenters. The molecule has 2 heterocycles. The van der Waals surface area contributed by atoms with Crippen LogP contribution in [0.2, 0.25) is 5.02 Å². The first-order valence-electron chi connectivity index (χ1n) is 10.4. The van der Waals surface area contributed by atoms with Gasteiger partial charge in [-0.15, -0.1) is 0 Å². The molecule has 1 saturated carbocycles. The first-order chi connectivity index (χ1) is 15.9. The predicted octanol–water partition coefficient (Wildman–Crippen LogP) is 4.58. The van der Waals surface area contributed by atoms with Crippen LogP contribution in [0.3, 0.4) is 0 Å². The van der Waals surface area contributed by atoms with Crippen LogP contribution in [-0.4, -0.2) is 40.5 Å². The highest BCUT2D eigenvalue weighted by atomic mass is 35.5. The molecule has 33 heavy (non-hydrogen) atoms. The number of aromatic nitrogens is 2. The molecular weight excluding hydrogens is 445 g/mol. The topological polar surface area (TPSA) is 86.9 Å². The number of carbonyl (C=O) groups is 1. The van der Waals surface area contributed by atoms with Crippen molar-refractivity contribution in [2.75, 3.05) is 13.1 Å². The van der Waals surface area contributed by atoms with Crippen LogP contribution in [0.4, 0.5) is 10.1 Å². The molecule has 5 rings (SSSR count). The van der Waals surface area contributed by atoms with Gasteiger partial charge < -0.3 is 10.5 Å². The van der Waals surface area contributed by atoms with Crippen molar-refractivity contribution < 1.29 is 13.9 Å². The van der Waals surface area contributed by atoms with Gasteiger partial charge >= 0.3 is 0 Å². The second kappa shape index (κ2) is 8.10. The van der Waals surface area contributed by atoms with Crippen LogP contribution < -0.4 is 10.5 Å². The van der Waals surface area contributed by atoms with Crippen molar-refractivity contribution in [3.8, 4) is 28.1 Å². The van der Waals surface area contributed by atoms with Gasteiger partial charge in [-0.1, -0.05) is 23.7 Å². The lowest BCUT2D eigenvalue weighted by molar-refractivity contribution is 0.1000. The third-order valence-electron chi connectivity index (χ3n) is 5.81. The maximum atomic E-state index is 15.4. The number of rotatable bonds is 5. The minimum absolute atomic E-state index is 0.0121. The Morgan fingerprint density at radius 3 is 2.79 bits per heavy atom. The number of Topliss-reactive ketones (excluding diaryl/α,β-unsaturated/α-hetero) is 1. The number of halogens is 2. The Labute approximate surface area is 194 Å². The Hall–Kier alpha value is -3.54. The van der Waals surface area contributed by atoms with E-state index in [0.29, 0.717) is 33.7 Å². The zero-order chi connectivity index (χ0) is 23.3. The molecule has 2 aliphatic rings. The van der Waals surface area contributed by atoms with Crippen molar-refractivity contribution in [3.63, 3.8) is 0 Å². The van der Waals surface area contributed by atoms with Crippen LogP contribution in [0.5, 0.6) is 5.75 Å². The summed E-state index contributed by atoms with van der Waals surface area (Å²) in [5, 5.41) is 4.20. The maximum Gasteiger partial charge on any atom is 0.240 e. The van der Waals surface area contributed by atoms with Crippen LogP contribution >= 0.6 is 11.6 Å². The fourth-order valence-corrected chi connectivity index (χ4v) is 4.22. The Balaban J connectivity index is 1.72. The first kappa shape index (κ1) is 21.3. The molecule has 2 N–H and O–H groups in total. The average Bonchev–Trinajstić information content (AvgIpc) is 3.55. The molecule has 0 radical (unpaired) electrons. The van der Waals surface area contributed by atoms with Gasteiger partial charge in [-0.25, -0.2) is 9.24 Å². The molecule has 9 heteroatoms. The monoisotopic (exact) mass is 463 g/mol. The summed E-state index contributed by atoms with van der Waals surface area (Å²) in [6.07, 6.45) is 3.38. The highest BCUT2D eigenvalue weighted by molar-refractivity contribution is 6.31. The second-order valence-electron chi connectivity index (χ2n) is 8.00. The lowest BCUT2D eigenvalue weighted by Crippen LogP contribution is -2.24. The third kappa shape index (κ3) is 3.59. The largest absolute Gasteiger partial charge is 0.501 e. The molecule has 0 spiro atoms. The number of aliphatic imine (C=N–C) groups is 1. The van der Waals surface area contributed by atoms with Crippen molar-refractivity contribution in [2.24, 2.45) is 17.8 Å². The molecule has 2 aromatic carbocycles. The van der Waals surface area contributed by atoms with Gasteiger partial charge in [0.05, 0.1) is 35.3 Å². The predicted molar refractivity (Wildman–Crippen MR) is 124 cm³/mol. The number of ether oxygens (including phenoxy) is 1. The van der Waals surface area contributed by atoms with Crippen LogP contribution in [-0.2, 0) is 7.05 Å². The Bertz CT molecular complexity index is 1380. The van der Waals surface area contributed by atoms with Crippen molar-refractivity contribution in [3.05, 3.63) is 63.8 Å². The Morgan fingerprint density at radius 2 is 2.09 bits per heavy atom. The molecule has 0 bridgehead atoms. The van der Waals surface area contributed by atoms with Crippen molar-refractivity contribution >= 4 is 28.8 Å². The van der Waals surface area contributed by atoms with Gasteiger partial charge in [0.25, 0.3) is 0 Å². The summed E-state index contributed by atoms with van der Waals surface area (Å²) in [6, 6.07) is 6.66. The van der Waals surface area contributed by atoms with Gasteiger partial charge in [0, 0.05) is 35.8 Å². The molecule has 1 aliphatic carbocycles. The number of carbonyl (C=O) groups excluding carboxylic acids is 1. The molecule has 0 atom stereocenters. The number of nitrogens with zero attached hydrogens (tertiary/aromatic N) is 4. The summed E-state index contributed by atoms with van der Waals surface area (Å²) >= 11 is 6.21. The van der Waals surface area contributed by atoms with E-state index in [-0.39, 0.29) is 47.0 Å². The molecule has 0 amide bonds. The zero-order valence-electron chi connectivity index (χ0n) is 17.7. The molecule has 0 saturated heterocycles. The van der Waals surface area contributed by atoms with Crippen LogP contribution in [0.15, 0.2) is 35.5 Å². The van der Waals surface area contributed by atoms with Gasteiger partial charge in [-0.3, -0.25) is 14.5 Å². The minimum atomic E-state index is -0.715. The van der Waals surface area contributed by atoms with Crippen LogP contribution in [0, 0.1) is 12.4 Å². The fourth-order valence-electron chi connectivity index (χ4n) is 4.03. The van der Waals surface area contributed by atoms with Crippen LogP contribution in [0.1, 0.15) is 28.8 Å². The highest BCUT2D eigenvalue weighted by Gasteiger charge is 2.30. The van der Waals surface area contributed by atoms with E-state index in [0.717, 1.165) is 12.8 Å². The molecule has 1 fully saturated rings. The molecule has 1 aromatic heterocycles. The lowest BCUT2D eigenvalue weighted by Gasteiger charge is -2.18. The quantitative estimate of drug-likeness (QED) is 0.561. The van der Waals surface area contributed by atoms with E-state index in [4.69, 9.17) is 28.6 Å². The number of ketones is 1. The van der Waals surface area contributed by atoms with Gasteiger partial charge in [0.2, 0.25) is 5.69 Å². The summed E-state index contributed by atoms with van der Waals surface area (Å²) in [7, 11) is 1.67. The summed E-state index contributed by atoms with van der Waals surface area (Å²) in [5.74, 6) is -0.541. The van der Waals surface area contributed by atoms with Gasteiger partial charge in [-0.05, 0) is 30.5 Å². The molecule has 1 aliphatic heterocycles. The second-order valence-corrected chi connectivity index (χ2v) is 8.41. The summed E-state index contributed by atoms with van der Waals surface area (Å²) < 4.78 is 22.8. The normalized spacial score (nSPS) is 15.1. The fraction of sp³-hybridized carbons (Fsp3) is 0.250. The van der Waals surface area contributed by atoms with Crippen molar-refractivity contribution in [1.29, 1.82) is 0 Å². The SMILES string of the molecule is [C-]#[N+]c1c(OC2CC2)cc(Cl)c(F)c1-c1c(-c2ccc3c(c2)C(CN)=NCC3=O)cnn1C. The Kier molecular flexibility index (Phi) is 5.23. The molecule has 7 nitrogen and oxygen atoms in total. The molecule has 166 valence electrons. The van der Waals surface area contributed by atoms with Crippen molar-refractivity contribution in [2.45, 2.75) is 18.9 Å². The molecular formula is C24H19ClFN5O2. The first-order valence-corrected chi connectivity index (χ1v) is 10.8. The van der Waals surface area contributed by atoms with Crippen molar-refractivity contribution in [1.82, 2.24) is 9.78 Å². The van der Waals surface area contributed by atoms with Gasteiger partial charge in [0.1, 0.15) is 18.1 Å². The van der Waals surface area contributed by atoms with E-state index in [2.05, 4.69) is 14.9 Å². The van der Waals surface area contributed by atoms with E-state index in [1.54, 1.807) is 31.4 Å². The highest BCUT2D eigenvalue weighted by Crippen LogP contribution is 2.47. The third-order valence-corrected chi connectivity index (χ3v) is 6.09. The number of benzene rings is 2. The van der Waals surface area contributed by atoms with E-state index in [1.807, 2.05) is 0 Å². The summed E-state index contributed by atoms with van der Waals surface area (Å²) in [4.78, 5) is 20.2. The number of nitrogens with two attached hydrogens (primary N) is 1. The number of fused-ring (bicyclic) bond motifs is 1. The van der Waals surface area contributed by atoms with E-state index >= 15 is 4.39 Å². The van der Waals surface area contributed by atoms with Crippen LogP contribution in [0.25, 0.3) is 27.2 Å². The smallest absolute Gasteiger partial charge is 0.240 e. The standard InChI is InChI=1S/C24H19ClFN5O2/c1-28-23-20(33-13-4-5-13)8-17(25)22(26)21(23)24-16(10-30-31(24)2)12-3-6-14-15(7-12)18(9-27)29-11-19(14)32/h3,6-8,10,13H,4-5,9,11,27H2,2H3. The summed E-state index contributed by atoms with van der Waals surface area (Å²) in [6.45, 7) is 8.01. The minimum Gasteiger partial charge on any atom is -0.501 e. The Morgan fingerprint density at radius 1 is 1.30 bits per heavy atom. The maximum absolute atomic E-state index is 15.4. The number of hydrogen-bond donors (Lipinski definition) is 1. The average molecular weight is 464 g/mol.